The molecule has 1 aliphatic carbocycles. The summed E-state index contributed by atoms with van der Waals surface area (Å²) in [7, 11) is -3.69. The minimum Gasteiger partial charge on any atom is -0.482 e. The van der Waals surface area contributed by atoms with Crippen LogP contribution in [-0.4, -0.2) is 18.8 Å². The summed E-state index contributed by atoms with van der Waals surface area (Å²) in [6.45, 7) is 1.68. The number of nitrogens with zero attached hydrogens (tertiary/aromatic N) is 1. The second-order valence-electron chi connectivity index (χ2n) is 8.91. The number of nitrogens with two attached hydrogens (primary N) is 2. The first-order chi connectivity index (χ1) is 17.0. The summed E-state index contributed by atoms with van der Waals surface area (Å²) in [4.78, 5) is 4.19. The normalized spacial score (nSPS) is 15.4. The minimum atomic E-state index is -3.69. The Hall–Kier alpha value is -2.59. The van der Waals surface area contributed by atoms with Gasteiger partial charge in [-0.05, 0) is 61.6 Å². The van der Waals surface area contributed by atoms with Gasteiger partial charge in [0.25, 0.3) is 0 Å². The van der Waals surface area contributed by atoms with Crippen LogP contribution in [0.5, 0.6) is 5.75 Å². The van der Waals surface area contributed by atoms with E-state index in [0.29, 0.717) is 29.2 Å². The highest BCUT2D eigenvalue weighted by molar-refractivity contribution is 7.93. The Morgan fingerprint density at radius 3 is 2.53 bits per heavy atom. The molecule has 3 aromatic rings. The highest BCUT2D eigenvalue weighted by Gasteiger charge is 2.27. The fourth-order valence-electron chi connectivity index (χ4n) is 3.80. The highest BCUT2D eigenvalue weighted by atomic mass is 35.5. The maximum absolute atomic E-state index is 13.9. The number of hydrogen-bond acceptors (Lipinski definition) is 6. The third-order valence-electron chi connectivity index (χ3n) is 6.10. The zero-order chi connectivity index (χ0) is 26.0. The molecule has 0 bridgehead atoms. The van der Waals surface area contributed by atoms with Gasteiger partial charge in [-0.3, -0.25) is 4.72 Å². The molecule has 11 heteroatoms. The van der Waals surface area contributed by atoms with E-state index in [9.17, 15) is 12.8 Å². The van der Waals surface area contributed by atoms with Crippen molar-refractivity contribution in [1.82, 2.24) is 4.98 Å². The molecule has 1 fully saturated rings. The largest absolute Gasteiger partial charge is 0.482 e. The second kappa shape index (κ2) is 10.8. The average Bonchev–Trinajstić information content (AvgIpc) is 3.66. The predicted octanol–water partition coefficient (Wildman–Crippen LogP) is 6.13. The molecule has 5 N–H and O–H groups in total. The number of pyridine rings is 1. The first-order valence-corrected chi connectivity index (χ1v) is 13.8. The minimum absolute atomic E-state index is 0.122. The van der Waals surface area contributed by atoms with Crippen molar-refractivity contribution in [2.45, 2.75) is 44.1 Å². The van der Waals surface area contributed by atoms with Crippen molar-refractivity contribution in [3.63, 3.8) is 0 Å². The van der Waals surface area contributed by atoms with Gasteiger partial charge < -0.3 is 16.2 Å². The Bertz CT molecular complexity index is 1350. The molecule has 0 aliphatic heterocycles. The zero-order valence-electron chi connectivity index (χ0n) is 19.5. The number of anilines is 2. The Morgan fingerprint density at radius 1 is 1.17 bits per heavy atom. The van der Waals surface area contributed by atoms with E-state index >= 15 is 0 Å². The van der Waals surface area contributed by atoms with E-state index in [1.807, 2.05) is 0 Å². The number of aromatic nitrogens is 1. The van der Waals surface area contributed by atoms with Crippen LogP contribution in [0.1, 0.15) is 44.3 Å². The molecular weight excluding hydrogens is 526 g/mol. The first kappa shape index (κ1) is 26.5. The van der Waals surface area contributed by atoms with Crippen LogP contribution < -0.4 is 20.9 Å². The molecule has 1 aromatic heterocycles. The summed E-state index contributed by atoms with van der Waals surface area (Å²) in [5.41, 5.74) is 14.1. The van der Waals surface area contributed by atoms with Gasteiger partial charge in [0.05, 0.1) is 5.02 Å². The van der Waals surface area contributed by atoms with Crippen LogP contribution in [0.2, 0.25) is 10.0 Å². The fourth-order valence-corrected chi connectivity index (χ4v) is 5.54. The molecule has 36 heavy (non-hydrogen) atoms. The maximum Gasteiger partial charge on any atom is 0.248 e. The van der Waals surface area contributed by atoms with Crippen molar-refractivity contribution in [3.05, 3.63) is 70.1 Å². The molecule has 192 valence electrons. The Balaban J connectivity index is 1.48. The summed E-state index contributed by atoms with van der Waals surface area (Å²) >= 11 is 12.3. The van der Waals surface area contributed by atoms with Crippen molar-refractivity contribution < 1.29 is 17.5 Å². The predicted molar refractivity (Wildman–Crippen MR) is 142 cm³/mol. The highest BCUT2D eigenvalue weighted by Crippen LogP contribution is 2.37. The number of nitrogen functional groups attached to an aromatic ring is 1. The van der Waals surface area contributed by atoms with Crippen molar-refractivity contribution in [2.75, 3.05) is 10.5 Å². The number of ether oxygens (including phenoxy) is 1. The van der Waals surface area contributed by atoms with E-state index in [4.69, 9.17) is 39.4 Å². The number of halogens is 3. The van der Waals surface area contributed by atoms with Gasteiger partial charge in [0.15, 0.2) is 11.6 Å². The molecule has 0 radical (unpaired) electrons. The fraction of sp³-hybridized carbons (Fsp3) is 0.320. The summed E-state index contributed by atoms with van der Waals surface area (Å²) < 4.78 is 47.5. The summed E-state index contributed by atoms with van der Waals surface area (Å²) in [6.07, 6.45) is 4.43. The summed E-state index contributed by atoms with van der Waals surface area (Å²) in [5.74, 6) is 0.409. The van der Waals surface area contributed by atoms with E-state index < -0.39 is 27.3 Å². The molecule has 2 aromatic carbocycles. The van der Waals surface area contributed by atoms with Gasteiger partial charge in [0.2, 0.25) is 10.0 Å². The van der Waals surface area contributed by atoms with Crippen LogP contribution in [0.3, 0.4) is 0 Å². The smallest absolute Gasteiger partial charge is 0.248 e. The van der Waals surface area contributed by atoms with Gasteiger partial charge in [-0.15, -0.1) is 0 Å². The van der Waals surface area contributed by atoms with Crippen molar-refractivity contribution in [1.29, 1.82) is 0 Å². The van der Waals surface area contributed by atoms with Crippen molar-refractivity contribution >= 4 is 44.7 Å². The molecular formula is C25H27Cl2FN4O3S. The molecule has 0 amide bonds. The molecule has 1 heterocycles. The number of sulfonamides is 1. The molecule has 0 spiro atoms. The van der Waals surface area contributed by atoms with Crippen LogP contribution in [-0.2, 0) is 10.0 Å². The zero-order valence-corrected chi connectivity index (χ0v) is 21.9. The molecule has 1 aliphatic rings. The van der Waals surface area contributed by atoms with Crippen molar-refractivity contribution in [2.24, 2.45) is 11.7 Å². The third kappa shape index (κ3) is 6.21. The number of nitrogens with one attached hydrogen (secondary N) is 1. The van der Waals surface area contributed by atoms with E-state index in [-0.39, 0.29) is 21.6 Å². The number of hydrogen-bond donors (Lipinski definition) is 3. The van der Waals surface area contributed by atoms with Gasteiger partial charge in [0.1, 0.15) is 17.3 Å². The van der Waals surface area contributed by atoms with Crippen molar-refractivity contribution in [3.8, 4) is 16.9 Å². The molecule has 2 unspecified atom stereocenters. The SMILES string of the molecule is CC(Oc1cc(-c2ccc(NS(=O)(=O)C(N)CCC3CC3)cc2)cnc1N)c1c(Cl)ccc(F)c1Cl. The van der Waals surface area contributed by atoms with Crippen LogP contribution in [0.4, 0.5) is 15.9 Å². The molecule has 2 atom stereocenters. The first-order valence-electron chi connectivity index (χ1n) is 11.5. The van der Waals surface area contributed by atoms with Crippen LogP contribution >= 0.6 is 23.2 Å². The van der Waals surface area contributed by atoms with E-state index in [0.717, 1.165) is 24.8 Å². The Labute approximate surface area is 220 Å². The van der Waals surface area contributed by atoms with E-state index in [1.165, 1.54) is 12.1 Å². The van der Waals surface area contributed by atoms with Gasteiger partial charge >= 0.3 is 0 Å². The van der Waals surface area contributed by atoms with Gasteiger partial charge in [-0.25, -0.2) is 17.8 Å². The Morgan fingerprint density at radius 2 is 1.86 bits per heavy atom. The van der Waals surface area contributed by atoms with Crippen LogP contribution in [0, 0.1) is 11.7 Å². The van der Waals surface area contributed by atoms with Crippen LogP contribution in [0.15, 0.2) is 48.7 Å². The monoisotopic (exact) mass is 552 g/mol. The number of rotatable bonds is 10. The number of benzene rings is 2. The van der Waals surface area contributed by atoms with E-state index in [1.54, 1.807) is 43.5 Å². The second-order valence-corrected chi connectivity index (χ2v) is 11.6. The van der Waals surface area contributed by atoms with Gasteiger partial charge in [-0.2, -0.15) is 0 Å². The lowest BCUT2D eigenvalue weighted by molar-refractivity contribution is 0.227. The third-order valence-corrected chi connectivity index (χ3v) is 8.37. The van der Waals surface area contributed by atoms with E-state index in [2.05, 4.69) is 9.71 Å². The lowest BCUT2D eigenvalue weighted by atomic mass is 10.1. The molecule has 7 nitrogen and oxygen atoms in total. The Kier molecular flexibility index (Phi) is 7.94. The molecule has 1 saturated carbocycles. The standard InChI is InChI=1S/C25H27Cl2FN4O3S/c1-14(23-19(26)9-10-20(28)24(23)27)35-21-12-17(13-31-25(21)30)16-5-7-18(8-6-16)32-36(33,34)22(29)11-4-15-2-3-15/h5-10,12-15,22,32H,2-4,11,29H2,1H3,(H2,30,31). The van der Waals surface area contributed by atoms with Gasteiger partial charge in [0, 0.05) is 28.0 Å². The maximum atomic E-state index is 13.9. The lowest BCUT2D eigenvalue weighted by Gasteiger charge is -2.19. The molecule has 4 rings (SSSR count). The quantitative estimate of drug-likeness (QED) is 0.260. The average molecular weight is 553 g/mol. The summed E-state index contributed by atoms with van der Waals surface area (Å²) in [5, 5.41) is -0.814. The van der Waals surface area contributed by atoms with Gasteiger partial charge in [-0.1, -0.05) is 48.2 Å². The topological polar surface area (TPSA) is 120 Å². The summed E-state index contributed by atoms with van der Waals surface area (Å²) in [6, 6.07) is 11.1. The van der Waals surface area contributed by atoms with Crippen LogP contribution in [0.25, 0.3) is 11.1 Å². The lowest BCUT2D eigenvalue weighted by Crippen LogP contribution is -2.35. The molecule has 0 saturated heterocycles.